The first-order valence-electron chi connectivity index (χ1n) is 10.1. The van der Waals surface area contributed by atoms with Crippen molar-refractivity contribution in [3.63, 3.8) is 0 Å². The number of β-amino-alcohol motifs (C(OH)–C–C–N with tert-alkyl or cyclic N) is 1. The largest absolute Gasteiger partial charge is 0.490 e. The number of ether oxygens (including phenoxy) is 1. The van der Waals surface area contributed by atoms with Crippen molar-refractivity contribution in [2.24, 2.45) is 0 Å². The van der Waals surface area contributed by atoms with Crippen molar-refractivity contribution in [2.75, 3.05) is 26.2 Å². The summed E-state index contributed by atoms with van der Waals surface area (Å²) in [7, 11) is 0. The number of rotatable bonds is 9. The van der Waals surface area contributed by atoms with Gasteiger partial charge in [0.2, 0.25) is 0 Å². The van der Waals surface area contributed by atoms with E-state index < -0.39 is 11.9 Å². The van der Waals surface area contributed by atoms with Gasteiger partial charge in [-0.1, -0.05) is 18.6 Å². The normalized spacial score (nSPS) is 15.8. The van der Waals surface area contributed by atoms with Crippen LogP contribution in [0, 0.1) is 11.6 Å². The molecular weight excluding hydrogens is 376 g/mol. The monoisotopic (exact) mass is 403 g/mol. The number of hydrogen-bond acceptors (Lipinski definition) is 4. The molecule has 1 unspecified atom stereocenters. The quantitative estimate of drug-likeness (QED) is 0.643. The number of carbonyl (C=O) groups excluding carboxylic acids is 1. The molecule has 1 saturated heterocycles. The molecule has 1 N–H and O–H groups in total. The summed E-state index contributed by atoms with van der Waals surface area (Å²) in [5, 5.41) is 10.3. The minimum absolute atomic E-state index is 0.0420. The zero-order valence-corrected chi connectivity index (χ0v) is 16.4. The van der Waals surface area contributed by atoms with Crippen LogP contribution in [-0.4, -0.2) is 48.1 Å². The van der Waals surface area contributed by atoms with Gasteiger partial charge < -0.3 is 14.7 Å². The Bertz CT molecular complexity index is 804. The van der Waals surface area contributed by atoms with Crippen molar-refractivity contribution >= 4 is 5.78 Å². The van der Waals surface area contributed by atoms with Gasteiger partial charge in [0.25, 0.3) is 0 Å². The lowest BCUT2D eigenvalue weighted by molar-refractivity contribution is 0.0610. The lowest BCUT2D eigenvalue weighted by atomic mass is 10.0. The van der Waals surface area contributed by atoms with Gasteiger partial charge in [0.15, 0.2) is 5.78 Å². The molecule has 0 bridgehead atoms. The van der Waals surface area contributed by atoms with Crippen LogP contribution in [-0.2, 0) is 6.42 Å². The van der Waals surface area contributed by atoms with Crippen LogP contribution in [0.15, 0.2) is 42.5 Å². The number of aryl methyl sites for hydroxylation is 1. The molecule has 1 aliphatic rings. The van der Waals surface area contributed by atoms with Crippen LogP contribution in [0.2, 0.25) is 0 Å². The number of benzene rings is 2. The maximum atomic E-state index is 13.7. The molecule has 0 saturated carbocycles. The first-order valence-corrected chi connectivity index (χ1v) is 10.1. The zero-order valence-electron chi connectivity index (χ0n) is 16.4. The summed E-state index contributed by atoms with van der Waals surface area (Å²) < 4.78 is 32.4. The summed E-state index contributed by atoms with van der Waals surface area (Å²) in [6.45, 7) is 2.51. The molecule has 1 atom stereocenters. The van der Waals surface area contributed by atoms with Crippen molar-refractivity contribution < 1.29 is 23.4 Å². The van der Waals surface area contributed by atoms with Crippen molar-refractivity contribution in [1.82, 2.24) is 4.90 Å². The molecule has 4 nitrogen and oxygen atoms in total. The second kappa shape index (κ2) is 10.5. The number of likely N-dealkylation sites (tertiary alicyclic amines) is 1. The standard InChI is InChI=1S/C23H27F2NO3/c24-18-7-4-17(5-8-18)6-10-22(28)21-14-19(25)9-11-23(21)29-16-20(27)15-26-12-2-1-3-13-26/h4-5,7-9,11,14,20,27H,1-3,6,10,12-13,15-16H2. The van der Waals surface area contributed by atoms with Gasteiger partial charge in [-0.05, 0) is 68.2 Å². The second-order valence-corrected chi connectivity index (χ2v) is 7.52. The SMILES string of the molecule is O=C(CCc1ccc(F)cc1)c1cc(F)ccc1OCC(O)CN1CCCCC1. The molecule has 1 fully saturated rings. The van der Waals surface area contributed by atoms with Gasteiger partial charge in [-0.25, -0.2) is 8.78 Å². The molecule has 1 aliphatic heterocycles. The summed E-state index contributed by atoms with van der Waals surface area (Å²) in [6, 6.07) is 9.78. The van der Waals surface area contributed by atoms with E-state index in [4.69, 9.17) is 4.74 Å². The molecule has 2 aromatic carbocycles. The molecule has 156 valence electrons. The Labute approximate surface area is 170 Å². The van der Waals surface area contributed by atoms with Gasteiger partial charge in [-0.2, -0.15) is 0 Å². The minimum atomic E-state index is -0.680. The highest BCUT2D eigenvalue weighted by Crippen LogP contribution is 2.23. The van der Waals surface area contributed by atoms with E-state index >= 15 is 0 Å². The fraction of sp³-hybridized carbons (Fsp3) is 0.435. The molecular formula is C23H27F2NO3. The van der Waals surface area contributed by atoms with Crippen molar-refractivity contribution in [3.8, 4) is 5.75 Å². The van der Waals surface area contributed by atoms with Crippen LogP contribution in [0.25, 0.3) is 0 Å². The zero-order chi connectivity index (χ0) is 20.6. The topological polar surface area (TPSA) is 49.8 Å². The van der Waals surface area contributed by atoms with Crippen LogP contribution in [0.3, 0.4) is 0 Å². The van der Waals surface area contributed by atoms with E-state index in [-0.39, 0.29) is 35.9 Å². The number of aliphatic hydroxyl groups excluding tert-OH is 1. The van der Waals surface area contributed by atoms with E-state index in [1.165, 1.54) is 36.8 Å². The smallest absolute Gasteiger partial charge is 0.167 e. The van der Waals surface area contributed by atoms with E-state index in [9.17, 15) is 18.7 Å². The number of hydrogen-bond donors (Lipinski definition) is 1. The average Bonchev–Trinajstić information content (AvgIpc) is 2.73. The van der Waals surface area contributed by atoms with Gasteiger partial charge in [0.05, 0.1) is 5.56 Å². The second-order valence-electron chi connectivity index (χ2n) is 7.52. The van der Waals surface area contributed by atoms with Crippen LogP contribution >= 0.6 is 0 Å². The van der Waals surface area contributed by atoms with Gasteiger partial charge in [0.1, 0.15) is 30.1 Å². The number of aliphatic hydroxyl groups is 1. The van der Waals surface area contributed by atoms with E-state index in [1.54, 1.807) is 12.1 Å². The summed E-state index contributed by atoms with van der Waals surface area (Å²) in [4.78, 5) is 14.8. The third-order valence-corrected chi connectivity index (χ3v) is 5.14. The van der Waals surface area contributed by atoms with Crippen molar-refractivity contribution in [1.29, 1.82) is 0 Å². The van der Waals surface area contributed by atoms with E-state index in [2.05, 4.69) is 4.90 Å². The number of piperidine rings is 1. The lowest BCUT2D eigenvalue weighted by Gasteiger charge is -2.28. The Kier molecular flexibility index (Phi) is 7.72. The van der Waals surface area contributed by atoms with Crippen molar-refractivity contribution in [3.05, 3.63) is 65.2 Å². The van der Waals surface area contributed by atoms with Gasteiger partial charge in [0, 0.05) is 13.0 Å². The molecule has 1 heterocycles. The predicted octanol–water partition coefficient (Wildman–Crippen LogP) is 4.01. The number of nitrogens with zero attached hydrogens (tertiary/aromatic N) is 1. The molecule has 6 heteroatoms. The van der Waals surface area contributed by atoms with Crippen molar-refractivity contribution in [2.45, 2.75) is 38.2 Å². The van der Waals surface area contributed by atoms with Crippen LogP contribution < -0.4 is 4.74 Å². The van der Waals surface area contributed by atoms with E-state index in [1.807, 2.05) is 0 Å². The Morgan fingerprint density at radius 1 is 1.03 bits per heavy atom. The van der Waals surface area contributed by atoms with Crippen LogP contribution in [0.5, 0.6) is 5.75 Å². The van der Waals surface area contributed by atoms with Gasteiger partial charge in [-0.15, -0.1) is 0 Å². The fourth-order valence-corrected chi connectivity index (χ4v) is 3.57. The first-order chi connectivity index (χ1) is 14.0. The highest BCUT2D eigenvalue weighted by atomic mass is 19.1. The molecule has 0 aliphatic carbocycles. The fourth-order valence-electron chi connectivity index (χ4n) is 3.57. The number of carbonyl (C=O) groups is 1. The highest BCUT2D eigenvalue weighted by molar-refractivity contribution is 5.98. The third-order valence-electron chi connectivity index (χ3n) is 5.14. The van der Waals surface area contributed by atoms with Crippen LogP contribution in [0.4, 0.5) is 8.78 Å². The Morgan fingerprint density at radius 3 is 2.45 bits per heavy atom. The predicted molar refractivity (Wildman–Crippen MR) is 107 cm³/mol. The Morgan fingerprint density at radius 2 is 1.72 bits per heavy atom. The maximum absolute atomic E-state index is 13.7. The molecule has 2 aromatic rings. The number of halogens is 2. The molecule has 29 heavy (non-hydrogen) atoms. The van der Waals surface area contributed by atoms with E-state index in [0.29, 0.717) is 13.0 Å². The number of Topliss-reactive ketones (excluding diaryl/α,β-unsaturated/α-hetero) is 1. The summed E-state index contributed by atoms with van der Waals surface area (Å²) >= 11 is 0. The summed E-state index contributed by atoms with van der Waals surface area (Å²) in [5.41, 5.74) is 0.993. The summed E-state index contributed by atoms with van der Waals surface area (Å²) in [6.07, 6.45) is 3.40. The third kappa shape index (κ3) is 6.61. The van der Waals surface area contributed by atoms with Crippen LogP contribution in [0.1, 0.15) is 41.6 Å². The molecule has 0 amide bonds. The van der Waals surface area contributed by atoms with Gasteiger partial charge in [-0.3, -0.25) is 4.79 Å². The van der Waals surface area contributed by atoms with Gasteiger partial charge >= 0.3 is 0 Å². The Hall–Kier alpha value is -2.31. The molecule has 3 rings (SSSR count). The molecule has 0 spiro atoms. The molecule has 0 radical (unpaired) electrons. The maximum Gasteiger partial charge on any atom is 0.167 e. The number of ketones is 1. The lowest BCUT2D eigenvalue weighted by Crippen LogP contribution is -2.38. The van der Waals surface area contributed by atoms with E-state index in [0.717, 1.165) is 31.5 Å². The highest BCUT2D eigenvalue weighted by Gasteiger charge is 2.18. The minimum Gasteiger partial charge on any atom is -0.490 e. The first kappa shape index (κ1) is 21.4. The average molecular weight is 403 g/mol. The molecule has 0 aromatic heterocycles. The summed E-state index contributed by atoms with van der Waals surface area (Å²) in [5.74, 6) is -0.831. The Balaban J connectivity index is 1.57.